The van der Waals surface area contributed by atoms with Crippen molar-refractivity contribution in [1.82, 2.24) is 0 Å². The first-order valence-corrected chi connectivity index (χ1v) is 6.57. The molecular formula is C12H7Cl2F3S. The van der Waals surface area contributed by atoms with Crippen LogP contribution in [0.15, 0.2) is 36.4 Å². The van der Waals surface area contributed by atoms with Crippen LogP contribution in [0.2, 0.25) is 4.34 Å². The van der Waals surface area contributed by atoms with Gasteiger partial charge in [-0.1, -0.05) is 23.7 Å². The Hall–Kier alpha value is -0.710. The maximum absolute atomic E-state index is 12.6. The summed E-state index contributed by atoms with van der Waals surface area (Å²) in [5, 5.41) is -0.621. The summed E-state index contributed by atoms with van der Waals surface area (Å²) in [6.45, 7) is 0. The normalized spacial score (nSPS) is 13.6. The monoisotopic (exact) mass is 310 g/mol. The predicted octanol–water partition coefficient (Wildman–Crippen LogP) is 5.75. The summed E-state index contributed by atoms with van der Waals surface area (Å²) >= 11 is 13.2. The van der Waals surface area contributed by atoms with Crippen LogP contribution in [0.5, 0.6) is 0 Å². The van der Waals surface area contributed by atoms with Crippen LogP contribution in [0.1, 0.15) is 21.4 Å². The number of hydrogen-bond acceptors (Lipinski definition) is 1. The first-order chi connectivity index (χ1) is 8.38. The first kappa shape index (κ1) is 13.7. The minimum atomic E-state index is -4.36. The molecule has 1 atom stereocenters. The lowest BCUT2D eigenvalue weighted by Crippen LogP contribution is -2.05. The maximum atomic E-state index is 12.6. The highest BCUT2D eigenvalue weighted by Gasteiger charge is 2.31. The fourth-order valence-corrected chi connectivity index (χ4v) is 2.91. The minimum Gasteiger partial charge on any atom is -0.166 e. The smallest absolute Gasteiger partial charge is 0.166 e. The molecule has 1 aromatic carbocycles. The van der Waals surface area contributed by atoms with Crippen molar-refractivity contribution in [2.75, 3.05) is 0 Å². The van der Waals surface area contributed by atoms with E-state index in [2.05, 4.69) is 0 Å². The molecule has 0 saturated heterocycles. The summed E-state index contributed by atoms with van der Waals surface area (Å²) in [6.07, 6.45) is -4.36. The highest BCUT2D eigenvalue weighted by atomic mass is 35.5. The van der Waals surface area contributed by atoms with Gasteiger partial charge in [-0.05, 0) is 29.8 Å². The molecule has 0 N–H and O–H groups in total. The van der Waals surface area contributed by atoms with Crippen molar-refractivity contribution in [3.8, 4) is 0 Å². The van der Waals surface area contributed by atoms with E-state index in [1.165, 1.54) is 17.4 Å². The fourth-order valence-electron chi connectivity index (χ4n) is 1.50. The number of benzene rings is 1. The van der Waals surface area contributed by atoms with E-state index in [4.69, 9.17) is 23.2 Å². The molecule has 96 valence electrons. The van der Waals surface area contributed by atoms with E-state index >= 15 is 0 Å². The third-order valence-electron chi connectivity index (χ3n) is 2.35. The van der Waals surface area contributed by atoms with Crippen LogP contribution in [0.4, 0.5) is 13.2 Å². The maximum Gasteiger partial charge on any atom is 0.416 e. The van der Waals surface area contributed by atoms with E-state index in [-0.39, 0.29) is 0 Å². The Bertz CT molecular complexity index is 548. The van der Waals surface area contributed by atoms with E-state index in [1.807, 2.05) is 0 Å². The molecule has 0 bridgehead atoms. The third kappa shape index (κ3) is 2.99. The number of alkyl halides is 4. The van der Waals surface area contributed by atoms with Crippen LogP contribution >= 0.6 is 34.5 Å². The molecule has 1 aromatic heterocycles. The molecule has 1 heterocycles. The zero-order chi connectivity index (χ0) is 13.3. The Morgan fingerprint density at radius 3 is 2.39 bits per heavy atom. The fraction of sp³-hybridized carbons (Fsp3) is 0.167. The van der Waals surface area contributed by atoms with E-state index in [0.29, 0.717) is 9.90 Å². The standard InChI is InChI=1S/C12H7Cl2F3S/c13-10-5-4-9(18-10)11(14)7-2-1-3-8(6-7)12(15,16)17/h1-6,11H. The van der Waals surface area contributed by atoms with Crippen molar-refractivity contribution in [3.63, 3.8) is 0 Å². The van der Waals surface area contributed by atoms with Gasteiger partial charge in [-0.2, -0.15) is 13.2 Å². The van der Waals surface area contributed by atoms with Crippen molar-refractivity contribution in [3.05, 3.63) is 56.7 Å². The van der Waals surface area contributed by atoms with Crippen LogP contribution in [0.3, 0.4) is 0 Å². The summed E-state index contributed by atoms with van der Waals surface area (Å²) < 4.78 is 38.3. The van der Waals surface area contributed by atoms with Gasteiger partial charge in [0.15, 0.2) is 0 Å². The van der Waals surface area contributed by atoms with Gasteiger partial charge in [0.25, 0.3) is 0 Å². The van der Waals surface area contributed by atoms with Crippen molar-refractivity contribution < 1.29 is 13.2 Å². The Balaban J connectivity index is 2.34. The Morgan fingerprint density at radius 1 is 1.11 bits per heavy atom. The molecular weight excluding hydrogens is 304 g/mol. The molecule has 0 aliphatic rings. The molecule has 0 aliphatic heterocycles. The second-order valence-electron chi connectivity index (χ2n) is 3.63. The summed E-state index contributed by atoms with van der Waals surface area (Å²) in [7, 11) is 0. The number of halogens is 5. The highest BCUT2D eigenvalue weighted by Crippen LogP contribution is 2.37. The first-order valence-electron chi connectivity index (χ1n) is 4.94. The largest absolute Gasteiger partial charge is 0.416 e. The lowest BCUT2D eigenvalue weighted by atomic mass is 10.1. The second kappa shape index (κ2) is 5.11. The Morgan fingerprint density at radius 2 is 1.83 bits per heavy atom. The zero-order valence-corrected chi connectivity index (χ0v) is 11.2. The molecule has 0 fully saturated rings. The van der Waals surface area contributed by atoms with Crippen LogP contribution in [0, 0.1) is 0 Å². The van der Waals surface area contributed by atoms with Gasteiger partial charge in [0.2, 0.25) is 0 Å². The molecule has 0 aliphatic carbocycles. The molecule has 0 nitrogen and oxygen atoms in total. The summed E-state index contributed by atoms with van der Waals surface area (Å²) in [6, 6.07) is 8.39. The number of rotatable bonds is 2. The third-order valence-corrected chi connectivity index (χ3v) is 4.26. The van der Waals surface area contributed by atoms with E-state index in [1.54, 1.807) is 18.2 Å². The van der Waals surface area contributed by atoms with E-state index in [9.17, 15) is 13.2 Å². The SMILES string of the molecule is FC(F)(F)c1cccc(C(Cl)c2ccc(Cl)s2)c1. The van der Waals surface area contributed by atoms with Gasteiger partial charge >= 0.3 is 6.18 Å². The molecule has 0 amide bonds. The van der Waals surface area contributed by atoms with Crippen molar-refractivity contribution in [2.45, 2.75) is 11.6 Å². The van der Waals surface area contributed by atoms with Gasteiger partial charge in [0, 0.05) is 4.88 Å². The molecule has 0 radical (unpaired) electrons. The van der Waals surface area contributed by atoms with E-state index < -0.39 is 17.1 Å². The summed E-state index contributed by atoms with van der Waals surface area (Å²) in [5.74, 6) is 0. The van der Waals surface area contributed by atoms with Crippen molar-refractivity contribution >= 4 is 34.5 Å². The minimum absolute atomic E-state index is 0.407. The van der Waals surface area contributed by atoms with Crippen LogP contribution in [0.25, 0.3) is 0 Å². The average molecular weight is 311 g/mol. The number of hydrogen-bond donors (Lipinski definition) is 0. The lowest BCUT2D eigenvalue weighted by Gasteiger charge is -2.11. The molecule has 2 aromatic rings. The van der Waals surface area contributed by atoms with Crippen LogP contribution in [-0.4, -0.2) is 0 Å². The zero-order valence-electron chi connectivity index (χ0n) is 8.84. The van der Waals surface area contributed by atoms with Gasteiger partial charge in [-0.15, -0.1) is 22.9 Å². The van der Waals surface area contributed by atoms with Crippen LogP contribution in [-0.2, 0) is 6.18 Å². The second-order valence-corrected chi connectivity index (χ2v) is 5.81. The van der Waals surface area contributed by atoms with Gasteiger partial charge in [-0.3, -0.25) is 0 Å². The topological polar surface area (TPSA) is 0 Å². The average Bonchev–Trinajstić information content (AvgIpc) is 2.74. The summed E-state index contributed by atoms with van der Waals surface area (Å²) in [4.78, 5) is 0.723. The lowest BCUT2D eigenvalue weighted by molar-refractivity contribution is -0.137. The Labute approximate surface area is 116 Å². The van der Waals surface area contributed by atoms with Gasteiger partial charge in [0.05, 0.1) is 15.3 Å². The molecule has 0 spiro atoms. The highest BCUT2D eigenvalue weighted by molar-refractivity contribution is 7.16. The molecule has 6 heteroatoms. The summed E-state index contributed by atoms with van der Waals surface area (Å²) in [5.41, 5.74) is -0.293. The van der Waals surface area contributed by atoms with Crippen molar-refractivity contribution in [1.29, 1.82) is 0 Å². The Kier molecular flexibility index (Phi) is 3.90. The number of thiophene rings is 1. The van der Waals surface area contributed by atoms with Gasteiger partial charge < -0.3 is 0 Å². The molecule has 18 heavy (non-hydrogen) atoms. The van der Waals surface area contributed by atoms with Gasteiger partial charge in [0.1, 0.15) is 0 Å². The molecule has 1 unspecified atom stereocenters. The van der Waals surface area contributed by atoms with Gasteiger partial charge in [-0.25, -0.2) is 0 Å². The quantitative estimate of drug-likeness (QED) is 0.620. The van der Waals surface area contributed by atoms with E-state index in [0.717, 1.165) is 17.0 Å². The van der Waals surface area contributed by atoms with Crippen LogP contribution < -0.4 is 0 Å². The molecule has 0 saturated carbocycles. The van der Waals surface area contributed by atoms with Crippen molar-refractivity contribution in [2.24, 2.45) is 0 Å². The predicted molar refractivity (Wildman–Crippen MR) is 68.5 cm³/mol. The molecule has 2 rings (SSSR count).